The number of hydrogen-bond acceptors (Lipinski definition) is 1. The molecule has 0 bridgehead atoms. The van der Waals surface area contributed by atoms with Gasteiger partial charge in [-0.05, 0) is 28.5 Å². The van der Waals surface area contributed by atoms with Crippen LogP contribution in [0.2, 0.25) is 0 Å². The maximum Gasteiger partial charge on any atom is -0.172 e. The standard InChI is InChI=1S/C19H25N.C5H5.2ClH.Ti/c1-14(2)17-11-8-12-18(15(3)4)19(17)20-13-16-9-6-5-7-10-16;1-2-4-5-3-1;;;/h5-12,14-15,20H,13H2,1-4H3;1-5H;2*1H;/q;-1;;;+2/p-2. The van der Waals surface area contributed by atoms with Crippen molar-refractivity contribution in [1.82, 2.24) is 0 Å². The van der Waals surface area contributed by atoms with E-state index in [0.29, 0.717) is 11.8 Å². The molecular formula is C24H30Cl2NTi-. The van der Waals surface area contributed by atoms with Crippen molar-refractivity contribution in [2.75, 3.05) is 5.32 Å². The second-order valence-corrected chi connectivity index (χ2v) is 9.57. The van der Waals surface area contributed by atoms with E-state index in [9.17, 15) is 0 Å². The van der Waals surface area contributed by atoms with Gasteiger partial charge in [0.2, 0.25) is 0 Å². The summed E-state index contributed by atoms with van der Waals surface area (Å²) in [5, 5.41) is 3.66. The predicted molar refractivity (Wildman–Crippen MR) is 122 cm³/mol. The largest absolute Gasteiger partial charge is 0.214 e. The van der Waals surface area contributed by atoms with Crippen molar-refractivity contribution in [2.24, 2.45) is 0 Å². The Balaban J connectivity index is 0.000000409. The molecule has 0 aliphatic heterocycles. The van der Waals surface area contributed by atoms with E-state index in [-0.39, 0.29) is 0 Å². The van der Waals surface area contributed by atoms with Crippen molar-refractivity contribution in [3.63, 3.8) is 0 Å². The SMILES string of the molecule is CC(C)c1cccc(C(C)C)c1NCc1ccccc1.[Cl][Ti][Cl].c1cc[cH-]c1. The average molecular weight is 451 g/mol. The zero-order valence-corrected chi connectivity index (χ0v) is 20.2. The number of nitrogens with one attached hydrogen (secondary N) is 1. The smallest absolute Gasteiger partial charge is 0.172 e. The zero-order chi connectivity index (χ0) is 20.8. The van der Waals surface area contributed by atoms with Gasteiger partial charge < -0.3 is 5.32 Å². The first kappa shape index (κ1) is 24.9. The van der Waals surface area contributed by atoms with Crippen LogP contribution in [-0.2, 0) is 23.6 Å². The van der Waals surface area contributed by atoms with E-state index in [2.05, 4.69) is 81.5 Å². The van der Waals surface area contributed by atoms with Gasteiger partial charge >= 0.3 is 35.6 Å². The Bertz CT molecular complexity index is 697. The van der Waals surface area contributed by atoms with Gasteiger partial charge in [0, 0.05) is 12.2 Å². The van der Waals surface area contributed by atoms with Crippen LogP contribution >= 0.6 is 18.6 Å². The summed E-state index contributed by atoms with van der Waals surface area (Å²) in [5.74, 6) is 1.07. The number of hydrogen-bond donors (Lipinski definition) is 1. The minimum atomic E-state index is -0.556. The Morgan fingerprint density at radius 1 is 0.786 bits per heavy atom. The molecule has 0 spiro atoms. The van der Waals surface area contributed by atoms with E-state index < -0.39 is 17.0 Å². The third kappa shape index (κ3) is 9.39. The van der Waals surface area contributed by atoms with Crippen LogP contribution in [0, 0.1) is 0 Å². The molecule has 0 aliphatic rings. The Labute approximate surface area is 187 Å². The first-order valence-electron chi connectivity index (χ1n) is 9.54. The van der Waals surface area contributed by atoms with Gasteiger partial charge in [-0.25, -0.2) is 12.1 Å². The molecule has 4 heteroatoms. The van der Waals surface area contributed by atoms with Crippen molar-refractivity contribution < 1.29 is 17.0 Å². The monoisotopic (exact) mass is 450 g/mol. The van der Waals surface area contributed by atoms with E-state index in [1.807, 2.05) is 30.3 Å². The molecular weight excluding hydrogens is 421 g/mol. The van der Waals surface area contributed by atoms with Crippen LogP contribution in [0.25, 0.3) is 0 Å². The first-order valence-corrected chi connectivity index (χ1v) is 13.8. The van der Waals surface area contributed by atoms with Gasteiger partial charge in [0.15, 0.2) is 0 Å². The van der Waals surface area contributed by atoms with Crippen molar-refractivity contribution in [3.05, 3.63) is 95.6 Å². The summed E-state index contributed by atoms with van der Waals surface area (Å²) in [6.45, 7) is 9.91. The van der Waals surface area contributed by atoms with Crippen LogP contribution in [-0.4, -0.2) is 0 Å². The molecule has 0 radical (unpaired) electrons. The van der Waals surface area contributed by atoms with Crippen LogP contribution < -0.4 is 5.32 Å². The zero-order valence-electron chi connectivity index (χ0n) is 17.1. The summed E-state index contributed by atoms with van der Waals surface area (Å²) < 4.78 is 0. The predicted octanol–water partition coefficient (Wildman–Crippen LogP) is 8.33. The molecule has 28 heavy (non-hydrogen) atoms. The molecule has 150 valence electrons. The number of benzene rings is 2. The summed E-state index contributed by atoms with van der Waals surface area (Å²) in [6.07, 6.45) is 0. The molecule has 3 aromatic rings. The van der Waals surface area contributed by atoms with Gasteiger partial charge in [0.05, 0.1) is 0 Å². The van der Waals surface area contributed by atoms with E-state index >= 15 is 0 Å². The quantitative estimate of drug-likeness (QED) is 0.304. The Morgan fingerprint density at radius 3 is 1.68 bits per heavy atom. The van der Waals surface area contributed by atoms with E-state index in [1.165, 1.54) is 22.4 Å². The van der Waals surface area contributed by atoms with E-state index in [1.54, 1.807) is 0 Å². The minimum absolute atomic E-state index is 0.534. The summed E-state index contributed by atoms with van der Waals surface area (Å²) in [7, 11) is 9.78. The summed E-state index contributed by atoms with van der Waals surface area (Å²) in [6, 6.07) is 27.2. The van der Waals surface area contributed by atoms with Crippen molar-refractivity contribution in [1.29, 1.82) is 0 Å². The van der Waals surface area contributed by atoms with Crippen molar-refractivity contribution in [3.8, 4) is 0 Å². The van der Waals surface area contributed by atoms with Gasteiger partial charge in [0.1, 0.15) is 0 Å². The van der Waals surface area contributed by atoms with Crippen molar-refractivity contribution in [2.45, 2.75) is 46.1 Å². The van der Waals surface area contributed by atoms with Gasteiger partial charge in [-0.2, -0.15) is 18.2 Å². The second-order valence-electron chi connectivity index (χ2n) is 6.99. The number of halogens is 2. The fraction of sp³-hybridized carbons (Fsp3) is 0.292. The van der Waals surface area contributed by atoms with Crippen molar-refractivity contribution >= 4 is 24.3 Å². The van der Waals surface area contributed by atoms with E-state index in [4.69, 9.17) is 18.6 Å². The average Bonchev–Trinajstić information content (AvgIpc) is 3.27. The van der Waals surface area contributed by atoms with Crippen LogP contribution in [0.4, 0.5) is 5.69 Å². The third-order valence-electron chi connectivity index (χ3n) is 4.24. The topological polar surface area (TPSA) is 12.0 Å². The normalized spacial score (nSPS) is 9.86. The molecule has 1 N–H and O–H groups in total. The molecule has 3 rings (SSSR count). The number of rotatable bonds is 5. The van der Waals surface area contributed by atoms with E-state index in [0.717, 1.165) is 6.54 Å². The maximum absolute atomic E-state index is 4.89. The molecule has 0 unspecified atom stereocenters. The number of anilines is 1. The first-order chi connectivity index (χ1) is 13.5. The summed E-state index contributed by atoms with van der Waals surface area (Å²) in [4.78, 5) is 0. The molecule has 0 aromatic heterocycles. The molecule has 0 heterocycles. The molecule has 0 saturated heterocycles. The van der Waals surface area contributed by atoms with Gasteiger partial charge in [-0.1, -0.05) is 76.2 Å². The fourth-order valence-corrected chi connectivity index (χ4v) is 2.86. The van der Waals surface area contributed by atoms with Gasteiger partial charge in [-0.15, -0.1) is 0 Å². The van der Waals surface area contributed by atoms with Crippen LogP contribution in [0.15, 0.2) is 78.9 Å². The summed E-state index contributed by atoms with van der Waals surface area (Å²) >= 11 is -0.556. The van der Waals surface area contributed by atoms with Gasteiger partial charge in [-0.3, -0.25) is 0 Å². The second kappa shape index (κ2) is 14.8. The minimum Gasteiger partial charge on any atom is -0.214 e. The molecule has 0 aliphatic carbocycles. The molecule has 1 nitrogen and oxygen atoms in total. The Morgan fingerprint density at radius 2 is 1.29 bits per heavy atom. The molecule has 0 saturated carbocycles. The Hall–Kier alpha value is -1.12. The maximum atomic E-state index is 4.89. The van der Waals surface area contributed by atoms with Crippen LogP contribution in [0.3, 0.4) is 0 Å². The van der Waals surface area contributed by atoms with Gasteiger partial charge in [0.25, 0.3) is 0 Å². The molecule has 3 aromatic carbocycles. The Kier molecular flexibility index (Phi) is 13.2. The molecule has 0 atom stereocenters. The third-order valence-corrected chi connectivity index (χ3v) is 4.24. The summed E-state index contributed by atoms with van der Waals surface area (Å²) in [5.41, 5.74) is 5.46. The number of para-hydroxylation sites is 1. The fourth-order valence-electron chi connectivity index (χ4n) is 2.86. The molecule has 0 fully saturated rings. The van der Waals surface area contributed by atoms with Crippen LogP contribution in [0.5, 0.6) is 0 Å². The van der Waals surface area contributed by atoms with Crippen LogP contribution in [0.1, 0.15) is 56.2 Å². The molecule has 0 amide bonds.